The Balaban J connectivity index is 2.20. The molecule has 6 nitrogen and oxygen atoms in total. The third kappa shape index (κ3) is 1.51. The molecular formula is C11H9N4O2+. The van der Waals surface area contributed by atoms with E-state index in [9.17, 15) is 9.59 Å². The summed E-state index contributed by atoms with van der Waals surface area (Å²) in [6.07, 6.45) is 1.59. The SMILES string of the molecule is O=c1[nH]c2c(c(=O)[nH]1)N=C[NH+]2c1ccccc1. The summed E-state index contributed by atoms with van der Waals surface area (Å²) in [5.41, 5.74) is 0.179. The molecule has 1 aliphatic heterocycles. The van der Waals surface area contributed by atoms with E-state index in [1.54, 1.807) is 6.34 Å². The van der Waals surface area contributed by atoms with Crippen LogP contribution >= 0.6 is 0 Å². The van der Waals surface area contributed by atoms with Crippen molar-refractivity contribution in [3.8, 4) is 0 Å². The third-order valence-corrected chi connectivity index (χ3v) is 2.59. The molecule has 0 saturated heterocycles. The lowest BCUT2D eigenvalue weighted by atomic mass is 10.3. The van der Waals surface area contributed by atoms with Gasteiger partial charge < -0.3 is 0 Å². The predicted molar refractivity (Wildman–Crippen MR) is 62.6 cm³/mol. The van der Waals surface area contributed by atoms with Gasteiger partial charge in [0.2, 0.25) is 12.0 Å². The summed E-state index contributed by atoms with van der Waals surface area (Å²) in [6.45, 7) is 0. The maximum Gasteiger partial charge on any atom is 0.330 e. The van der Waals surface area contributed by atoms with Crippen LogP contribution in [0.15, 0.2) is 44.9 Å². The number of aromatic amines is 2. The molecule has 84 valence electrons. The summed E-state index contributed by atoms with van der Waals surface area (Å²) < 4.78 is 0. The zero-order chi connectivity index (χ0) is 11.8. The minimum Gasteiger partial charge on any atom is -0.272 e. The van der Waals surface area contributed by atoms with E-state index in [-0.39, 0.29) is 5.69 Å². The van der Waals surface area contributed by atoms with Crippen molar-refractivity contribution in [3.05, 3.63) is 51.2 Å². The van der Waals surface area contributed by atoms with E-state index in [1.807, 2.05) is 30.3 Å². The molecule has 6 heteroatoms. The predicted octanol–water partition coefficient (Wildman–Crippen LogP) is -0.415. The zero-order valence-corrected chi connectivity index (χ0v) is 8.73. The maximum absolute atomic E-state index is 11.5. The molecule has 0 fully saturated rings. The van der Waals surface area contributed by atoms with Gasteiger partial charge in [-0.05, 0) is 12.1 Å². The summed E-state index contributed by atoms with van der Waals surface area (Å²) in [7, 11) is 0. The number of aromatic nitrogens is 2. The molecule has 2 heterocycles. The van der Waals surface area contributed by atoms with Crippen molar-refractivity contribution in [3.63, 3.8) is 0 Å². The number of para-hydroxylation sites is 1. The highest BCUT2D eigenvalue weighted by Gasteiger charge is 2.27. The topological polar surface area (TPSA) is 82.5 Å². The summed E-state index contributed by atoms with van der Waals surface area (Å²) in [5, 5.41) is 0. The van der Waals surface area contributed by atoms with E-state index in [0.717, 1.165) is 10.6 Å². The number of quaternary nitrogens is 1. The van der Waals surface area contributed by atoms with Gasteiger partial charge in [0.25, 0.3) is 11.4 Å². The van der Waals surface area contributed by atoms with Crippen molar-refractivity contribution in [2.24, 2.45) is 4.99 Å². The van der Waals surface area contributed by atoms with Crippen molar-refractivity contribution in [1.82, 2.24) is 9.97 Å². The monoisotopic (exact) mass is 229 g/mol. The minimum atomic E-state index is -0.521. The van der Waals surface area contributed by atoms with E-state index in [1.165, 1.54) is 0 Å². The fourth-order valence-corrected chi connectivity index (χ4v) is 1.83. The van der Waals surface area contributed by atoms with Crippen LogP contribution in [0.1, 0.15) is 0 Å². The van der Waals surface area contributed by atoms with Gasteiger partial charge in [0.05, 0.1) is 0 Å². The summed E-state index contributed by atoms with van der Waals surface area (Å²) in [5.74, 6) is 0.477. The molecule has 17 heavy (non-hydrogen) atoms. The van der Waals surface area contributed by atoms with Crippen molar-refractivity contribution < 1.29 is 4.90 Å². The number of benzene rings is 1. The molecule has 2 aromatic rings. The molecule has 0 spiro atoms. The second kappa shape index (κ2) is 3.53. The van der Waals surface area contributed by atoms with Crippen LogP contribution < -0.4 is 16.1 Å². The normalized spacial score (nSPS) is 17.1. The number of nitrogens with zero attached hydrogens (tertiary/aromatic N) is 1. The Hall–Kier alpha value is -2.47. The van der Waals surface area contributed by atoms with Crippen LogP contribution in [0, 0.1) is 0 Å². The molecule has 1 aliphatic rings. The fourth-order valence-electron chi connectivity index (χ4n) is 1.83. The Bertz CT molecular complexity index is 699. The van der Waals surface area contributed by atoms with Gasteiger partial charge >= 0.3 is 5.69 Å². The van der Waals surface area contributed by atoms with Gasteiger partial charge in [-0.25, -0.2) is 9.69 Å². The number of fused-ring (bicyclic) bond motifs is 1. The van der Waals surface area contributed by atoms with Crippen LogP contribution in [0.4, 0.5) is 17.2 Å². The number of H-pyrrole nitrogens is 2. The minimum absolute atomic E-state index is 0.253. The van der Waals surface area contributed by atoms with E-state index in [2.05, 4.69) is 15.0 Å². The van der Waals surface area contributed by atoms with Gasteiger partial charge in [-0.3, -0.25) is 14.8 Å². The summed E-state index contributed by atoms with van der Waals surface area (Å²) in [4.78, 5) is 32.3. The lowest BCUT2D eigenvalue weighted by Crippen LogP contribution is -3.00. The smallest absolute Gasteiger partial charge is 0.272 e. The Morgan fingerprint density at radius 3 is 2.59 bits per heavy atom. The highest BCUT2D eigenvalue weighted by Crippen LogP contribution is 2.16. The van der Waals surface area contributed by atoms with Crippen LogP contribution in [0.25, 0.3) is 0 Å². The molecule has 3 rings (SSSR count). The molecule has 1 atom stereocenters. The fraction of sp³-hybridized carbons (Fsp3) is 0. The van der Waals surface area contributed by atoms with E-state index in [0.29, 0.717) is 5.82 Å². The molecule has 0 aliphatic carbocycles. The van der Waals surface area contributed by atoms with Gasteiger partial charge in [0, 0.05) is 0 Å². The largest absolute Gasteiger partial charge is 0.330 e. The number of hydrogen-bond donors (Lipinski definition) is 3. The van der Waals surface area contributed by atoms with Gasteiger partial charge in [0.15, 0.2) is 0 Å². The second-order valence-corrected chi connectivity index (χ2v) is 3.67. The Labute approximate surface area is 95.3 Å². The molecule has 0 radical (unpaired) electrons. The van der Waals surface area contributed by atoms with Crippen molar-refractivity contribution in [2.75, 3.05) is 0 Å². The Kier molecular flexibility index (Phi) is 2.02. The van der Waals surface area contributed by atoms with E-state index >= 15 is 0 Å². The van der Waals surface area contributed by atoms with E-state index < -0.39 is 11.2 Å². The molecule has 1 aromatic carbocycles. The number of aliphatic imine (C=N–C) groups is 1. The first-order valence-electron chi connectivity index (χ1n) is 5.09. The molecule has 3 N–H and O–H groups in total. The third-order valence-electron chi connectivity index (χ3n) is 2.59. The van der Waals surface area contributed by atoms with Crippen LogP contribution in [-0.2, 0) is 0 Å². The van der Waals surface area contributed by atoms with E-state index in [4.69, 9.17) is 0 Å². The van der Waals surface area contributed by atoms with Crippen molar-refractivity contribution >= 4 is 23.5 Å². The summed E-state index contributed by atoms with van der Waals surface area (Å²) >= 11 is 0. The maximum atomic E-state index is 11.5. The average molecular weight is 229 g/mol. The molecule has 0 amide bonds. The first-order chi connectivity index (χ1) is 8.25. The molecule has 0 saturated carbocycles. The summed E-state index contributed by atoms with van der Waals surface area (Å²) in [6, 6.07) is 9.47. The van der Waals surface area contributed by atoms with Gasteiger partial charge in [-0.1, -0.05) is 18.2 Å². The zero-order valence-electron chi connectivity index (χ0n) is 8.73. The van der Waals surface area contributed by atoms with Crippen LogP contribution in [0.5, 0.6) is 0 Å². The standard InChI is InChI=1S/C11H8N4O2/c16-10-8-9(13-11(17)14-10)15(6-12-8)7-4-2-1-3-5-7/h1-6H,(H2,13,14,16,17)/p+1. The average Bonchev–Trinajstić information content (AvgIpc) is 2.74. The number of rotatable bonds is 1. The molecule has 1 unspecified atom stereocenters. The molecule has 1 aromatic heterocycles. The van der Waals surface area contributed by atoms with Gasteiger partial charge in [-0.2, -0.15) is 4.99 Å². The lowest BCUT2D eigenvalue weighted by molar-refractivity contribution is -0.641. The molecule has 0 bridgehead atoms. The first kappa shape index (κ1) is 9.73. The number of hydrogen-bond acceptors (Lipinski definition) is 3. The van der Waals surface area contributed by atoms with Gasteiger partial charge in [0.1, 0.15) is 5.69 Å². The number of nitrogens with one attached hydrogen (secondary N) is 3. The Morgan fingerprint density at radius 2 is 1.82 bits per heavy atom. The second-order valence-electron chi connectivity index (χ2n) is 3.67. The van der Waals surface area contributed by atoms with Crippen molar-refractivity contribution in [2.45, 2.75) is 0 Å². The Morgan fingerprint density at radius 1 is 1.06 bits per heavy atom. The van der Waals surface area contributed by atoms with Crippen LogP contribution in [0.3, 0.4) is 0 Å². The van der Waals surface area contributed by atoms with Gasteiger partial charge in [-0.15, -0.1) is 0 Å². The van der Waals surface area contributed by atoms with Crippen LogP contribution in [0.2, 0.25) is 0 Å². The van der Waals surface area contributed by atoms with Crippen molar-refractivity contribution in [1.29, 1.82) is 0 Å². The lowest BCUT2D eigenvalue weighted by Gasteiger charge is -2.07. The highest BCUT2D eigenvalue weighted by molar-refractivity contribution is 5.71. The highest BCUT2D eigenvalue weighted by atomic mass is 16.2. The van der Waals surface area contributed by atoms with Crippen LogP contribution in [-0.4, -0.2) is 16.3 Å². The first-order valence-corrected chi connectivity index (χ1v) is 5.09. The quantitative estimate of drug-likeness (QED) is 0.621. The molecular weight excluding hydrogens is 220 g/mol.